The number of amides is 1. The average molecular weight is 380 g/mol. The molecule has 1 amide bonds. The lowest BCUT2D eigenvalue weighted by atomic mass is 10.2. The summed E-state index contributed by atoms with van der Waals surface area (Å²) in [6.45, 7) is -0.265. The maximum Gasteiger partial charge on any atom is 0.337 e. The number of benzene rings is 2. The molecular formula is C18H18ClNO6. The molecule has 2 rings (SSSR count). The quantitative estimate of drug-likeness (QED) is 0.744. The summed E-state index contributed by atoms with van der Waals surface area (Å²) in [5.41, 5.74) is 0.722. The predicted molar refractivity (Wildman–Crippen MR) is 96.5 cm³/mol. The normalized spacial score (nSPS) is 10.0. The van der Waals surface area contributed by atoms with Gasteiger partial charge in [0.1, 0.15) is 17.2 Å². The van der Waals surface area contributed by atoms with E-state index in [0.29, 0.717) is 33.5 Å². The molecule has 7 nitrogen and oxygen atoms in total. The van der Waals surface area contributed by atoms with Gasteiger partial charge in [-0.25, -0.2) is 4.79 Å². The zero-order valence-electron chi connectivity index (χ0n) is 14.5. The van der Waals surface area contributed by atoms with E-state index in [4.69, 9.17) is 25.8 Å². The fraction of sp³-hybridized carbons (Fsp3) is 0.222. The second-order valence-corrected chi connectivity index (χ2v) is 5.45. The molecule has 0 unspecified atom stereocenters. The number of anilines is 1. The Labute approximate surface area is 155 Å². The lowest BCUT2D eigenvalue weighted by Crippen LogP contribution is -2.20. The van der Waals surface area contributed by atoms with Crippen LogP contribution in [0.25, 0.3) is 0 Å². The summed E-state index contributed by atoms with van der Waals surface area (Å²) in [6.07, 6.45) is 0. The molecule has 138 valence electrons. The third-order valence-corrected chi connectivity index (χ3v) is 3.67. The minimum Gasteiger partial charge on any atom is -0.495 e. The first kappa shape index (κ1) is 19.4. The number of hydrogen-bond acceptors (Lipinski definition) is 6. The Morgan fingerprint density at radius 1 is 1.04 bits per heavy atom. The topological polar surface area (TPSA) is 83.1 Å². The minimum atomic E-state index is -0.488. The molecule has 2 aromatic rings. The van der Waals surface area contributed by atoms with E-state index in [9.17, 15) is 9.59 Å². The van der Waals surface area contributed by atoms with E-state index in [1.54, 1.807) is 24.3 Å². The van der Waals surface area contributed by atoms with Gasteiger partial charge in [0.15, 0.2) is 6.61 Å². The fourth-order valence-electron chi connectivity index (χ4n) is 2.12. The van der Waals surface area contributed by atoms with Gasteiger partial charge in [0, 0.05) is 12.1 Å². The van der Waals surface area contributed by atoms with Crippen LogP contribution in [0.2, 0.25) is 5.02 Å². The summed E-state index contributed by atoms with van der Waals surface area (Å²) < 4.78 is 20.4. The zero-order valence-corrected chi connectivity index (χ0v) is 15.3. The summed E-state index contributed by atoms with van der Waals surface area (Å²) in [6, 6.07) is 9.43. The van der Waals surface area contributed by atoms with Gasteiger partial charge in [0.25, 0.3) is 5.91 Å². The van der Waals surface area contributed by atoms with Crippen molar-refractivity contribution in [2.75, 3.05) is 33.3 Å². The van der Waals surface area contributed by atoms with Crippen molar-refractivity contribution in [3.8, 4) is 17.2 Å². The van der Waals surface area contributed by atoms with Gasteiger partial charge in [-0.05, 0) is 18.2 Å². The van der Waals surface area contributed by atoms with Crippen molar-refractivity contribution in [2.24, 2.45) is 0 Å². The number of ether oxygens (including phenoxy) is 4. The highest BCUT2D eigenvalue weighted by Gasteiger charge is 2.13. The van der Waals surface area contributed by atoms with Crippen LogP contribution < -0.4 is 19.5 Å². The number of esters is 1. The van der Waals surface area contributed by atoms with Crippen LogP contribution in [0.5, 0.6) is 17.2 Å². The van der Waals surface area contributed by atoms with E-state index in [2.05, 4.69) is 10.1 Å². The highest BCUT2D eigenvalue weighted by atomic mass is 35.5. The van der Waals surface area contributed by atoms with Crippen LogP contribution in [-0.2, 0) is 9.53 Å². The van der Waals surface area contributed by atoms with Gasteiger partial charge >= 0.3 is 5.97 Å². The zero-order chi connectivity index (χ0) is 19.1. The first-order valence-corrected chi connectivity index (χ1v) is 7.88. The molecule has 0 atom stereocenters. The number of rotatable bonds is 7. The van der Waals surface area contributed by atoms with Crippen molar-refractivity contribution in [2.45, 2.75) is 0 Å². The van der Waals surface area contributed by atoms with Crippen LogP contribution in [0.15, 0.2) is 36.4 Å². The van der Waals surface area contributed by atoms with Crippen molar-refractivity contribution in [1.29, 1.82) is 0 Å². The molecule has 0 saturated carbocycles. The van der Waals surface area contributed by atoms with Crippen LogP contribution in [-0.4, -0.2) is 39.8 Å². The Morgan fingerprint density at radius 2 is 1.77 bits per heavy atom. The van der Waals surface area contributed by atoms with Crippen molar-refractivity contribution in [1.82, 2.24) is 0 Å². The molecular weight excluding hydrogens is 362 g/mol. The Kier molecular flexibility index (Phi) is 6.68. The summed E-state index contributed by atoms with van der Waals surface area (Å²) >= 11 is 6.03. The summed E-state index contributed by atoms with van der Waals surface area (Å²) in [5.74, 6) is 0.240. The van der Waals surface area contributed by atoms with Crippen molar-refractivity contribution in [3.63, 3.8) is 0 Å². The third kappa shape index (κ3) is 4.80. The molecule has 0 fully saturated rings. The van der Waals surface area contributed by atoms with E-state index in [1.807, 2.05) is 0 Å². The minimum absolute atomic E-state index is 0.265. The van der Waals surface area contributed by atoms with Gasteiger partial charge < -0.3 is 24.3 Å². The number of nitrogens with one attached hydrogen (secondary N) is 1. The standard InChI is InChI=1S/C18H18ClNO6/c1-23-15-9-14(16(24-2)8-13(15)19)20-17(21)10-26-12-6-4-5-11(7-12)18(22)25-3/h4-9H,10H2,1-3H3,(H,20,21). The highest BCUT2D eigenvalue weighted by molar-refractivity contribution is 6.32. The van der Waals surface area contributed by atoms with Gasteiger partial charge in [0.2, 0.25) is 0 Å². The Balaban J connectivity index is 2.04. The summed E-state index contributed by atoms with van der Waals surface area (Å²) in [5, 5.41) is 3.02. The molecule has 1 N–H and O–H groups in total. The predicted octanol–water partition coefficient (Wildman–Crippen LogP) is 3.16. The second-order valence-electron chi connectivity index (χ2n) is 5.04. The SMILES string of the molecule is COC(=O)c1cccc(OCC(=O)Nc2cc(OC)c(Cl)cc2OC)c1. The summed E-state index contributed by atoms with van der Waals surface area (Å²) in [7, 11) is 4.22. The molecule has 0 radical (unpaired) electrons. The molecule has 0 saturated heterocycles. The maximum atomic E-state index is 12.2. The largest absolute Gasteiger partial charge is 0.495 e. The molecule has 8 heteroatoms. The van der Waals surface area contributed by atoms with E-state index >= 15 is 0 Å². The fourth-order valence-corrected chi connectivity index (χ4v) is 2.35. The number of carbonyl (C=O) groups is 2. The molecule has 0 aliphatic rings. The number of halogens is 1. The molecule has 0 bridgehead atoms. The first-order valence-electron chi connectivity index (χ1n) is 7.51. The first-order chi connectivity index (χ1) is 12.5. The number of methoxy groups -OCH3 is 3. The monoisotopic (exact) mass is 379 g/mol. The lowest BCUT2D eigenvalue weighted by molar-refractivity contribution is -0.118. The van der Waals surface area contributed by atoms with Crippen LogP contribution >= 0.6 is 11.6 Å². The molecule has 0 aromatic heterocycles. The van der Waals surface area contributed by atoms with Crippen LogP contribution in [0.4, 0.5) is 5.69 Å². The number of hydrogen-bond donors (Lipinski definition) is 1. The Morgan fingerprint density at radius 3 is 2.42 bits per heavy atom. The number of carbonyl (C=O) groups excluding carboxylic acids is 2. The van der Waals surface area contributed by atoms with Crippen molar-refractivity contribution < 1.29 is 28.5 Å². The Hall–Kier alpha value is -2.93. The van der Waals surface area contributed by atoms with Gasteiger partial charge in [-0.1, -0.05) is 17.7 Å². The second kappa shape index (κ2) is 8.96. The van der Waals surface area contributed by atoms with E-state index in [-0.39, 0.29) is 6.61 Å². The summed E-state index contributed by atoms with van der Waals surface area (Å²) in [4.78, 5) is 23.7. The van der Waals surface area contributed by atoms with E-state index < -0.39 is 11.9 Å². The van der Waals surface area contributed by atoms with Crippen LogP contribution in [0, 0.1) is 0 Å². The van der Waals surface area contributed by atoms with Crippen LogP contribution in [0.1, 0.15) is 10.4 Å². The molecule has 0 aliphatic carbocycles. The highest BCUT2D eigenvalue weighted by Crippen LogP contribution is 2.35. The van der Waals surface area contributed by atoms with Gasteiger partial charge in [0.05, 0.1) is 37.6 Å². The lowest BCUT2D eigenvalue weighted by Gasteiger charge is -2.13. The van der Waals surface area contributed by atoms with E-state index in [1.165, 1.54) is 33.5 Å². The smallest absolute Gasteiger partial charge is 0.337 e. The molecule has 0 aliphatic heterocycles. The van der Waals surface area contributed by atoms with Gasteiger partial charge in [-0.15, -0.1) is 0 Å². The maximum absolute atomic E-state index is 12.2. The van der Waals surface area contributed by atoms with Crippen molar-refractivity contribution >= 4 is 29.2 Å². The van der Waals surface area contributed by atoms with Gasteiger partial charge in [-0.3, -0.25) is 4.79 Å². The van der Waals surface area contributed by atoms with Crippen LogP contribution in [0.3, 0.4) is 0 Å². The molecule has 0 heterocycles. The van der Waals surface area contributed by atoms with E-state index in [0.717, 1.165) is 0 Å². The molecule has 2 aromatic carbocycles. The average Bonchev–Trinajstić information content (AvgIpc) is 2.66. The molecule has 0 spiro atoms. The third-order valence-electron chi connectivity index (χ3n) is 3.37. The van der Waals surface area contributed by atoms with Crippen molar-refractivity contribution in [3.05, 3.63) is 47.0 Å². The molecule has 26 heavy (non-hydrogen) atoms. The Bertz CT molecular complexity index is 808. The van der Waals surface area contributed by atoms with Gasteiger partial charge in [-0.2, -0.15) is 0 Å².